The molecule has 0 bridgehead atoms. The molecule has 0 aliphatic heterocycles. The summed E-state index contributed by atoms with van der Waals surface area (Å²) in [5, 5.41) is 0. The number of hydrogen-bond donors (Lipinski definition) is 0. The van der Waals surface area contributed by atoms with Crippen LogP contribution in [0.4, 0.5) is 0 Å². The van der Waals surface area contributed by atoms with Crippen molar-refractivity contribution in [3.05, 3.63) is 12.7 Å². The van der Waals surface area contributed by atoms with E-state index in [-0.39, 0.29) is 30.0 Å². The molecule has 0 aliphatic carbocycles. The standard InChI is InChI=1S/C13H22O3/c1-7-11(14)10(9(2)3)8-12(15)16-13(4,5)6/h7,9-10H,1,8H2,2-6H3. The molecule has 1 atom stereocenters. The molecule has 0 heterocycles. The number of ether oxygens (including phenoxy) is 1. The van der Waals surface area contributed by atoms with Gasteiger partial charge < -0.3 is 4.74 Å². The Bertz CT molecular complexity index is 271. The van der Waals surface area contributed by atoms with E-state index in [0.717, 1.165) is 0 Å². The molecule has 16 heavy (non-hydrogen) atoms. The fourth-order valence-corrected chi connectivity index (χ4v) is 1.38. The molecule has 3 heteroatoms. The van der Waals surface area contributed by atoms with Crippen LogP contribution in [0, 0.1) is 11.8 Å². The third-order valence-corrected chi connectivity index (χ3v) is 2.18. The van der Waals surface area contributed by atoms with Gasteiger partial charge in [0.2, 0.25) is 0 Å². The number of esters is 1. The van der Waals surface area contributed by atoms with Gasteiger partial charge in [0.25, 0.3) is 0 Å². The minimum Gasteiger partial charge on any atom is -0.460 e. The van der Waals surface area contributed by atoms with Gasteiger partial charge >= 0.3 is 5.97 Å². The van der Waals surface area contributed by atoms with Gasteiger partial charge in [-0.1, -0.05) is 20.4 Å². The summed E-state index contributed by atoms with van der Waals surface area (Å²) in [7, 11) is 0. The topological polar surface area (TPSA) is 43.4 Å². The van der Waals surface area contributed by atoms with E-state index in [0.29, 0.717) is 0 Å². The third kappa shape index (κ3) is 5.69. The summed E-state index contributed by atoms with van der Waals surface area (Å²) < 4.78 is 5.19. The van der Waals surface area contributed by atoms with Crippen molar-refractivity contribution in [2.45, 2.75) is 46.6 Å². The molecule has 1 unspecified atom stereocenters. The van der Waals surface area contributed by atoms with Crippen molar-refractivity contribution < 1.29 is 14.3 Å². The van der Waals surface area contributed by atoms with Gasteiger partial charge in [0.05, 0.1) is 6.42 Å². The summed E-state index contributed by atoms with van der Waals surface area (Å²) in [6.07, 6.45) is 1.40. The van der Waals surface area contributed by atoms with E-state index in [1.807, 2.05) is 34.6 Å². The summed E-state index contributed by atoms with van der Waals surface area (Å²) in [6, 6.07) is 0. The molecule has 0 rings (SSSR count). The molecule has 0 amide bonds. The quantitative estimate of drug-likeness (QED) is 0.535. The van der Waals surface area contributed by atoms with E-state index in [2.05, 4.69) is 6.58 Å². The lowest BCUT2D eigenvalue weighted by Gasteiger charge is -2.22. The van der Waals surface area contributed by atoms with E-state index in [1.165, 1.54) is 6.08 Å². The number of carbonyl (C=O) groups excluding carboxylic acids is 2. The van der Waals surface area contributed by atoms with E-state index in [4.69, 9.17) is 4.74 Å². The van der Waals surface area contributed by atoms with Gasteiger partial charge in [0.1, 0.15) is 5.60 Å². The van der Waals surface area contributed by atoms with Crippen molar-refractivity contribution in [2.24, 2.45) is 11.8 Å². The van der Waals surface area contributed by atoms with Crippen LogP contribution in [0.5, 0.6) is 0 Å². The van der Waals surface area contributed by atoms with Crippen molar-refractivity contribution in [3.8, 4) is 0 Å². The fourth-order valence-electron chi connectivity index (χ4n) is 1.38. The monoisotopic (exact) mass is 226 g/mol. The van der Waals surface area contributed by atoms with Crippen molar-refractivity contribution in [3.63, 3.8) is 0 Å². The van der Waals surface area contributed by atoms with Crippen LogP contribution in [0.15, 0.2) is 12.7 Å². The van der Waals surface area contributed by atoms with Gasteiger partial charge in [0, 0.05) is 5.92 Å². The Morgan fingerprint density at radius 1 is 1.31 bits per heavy atom. The maximum Gasteiger partial charge on any atom is 0.307 e. The highest BCUT2D eigenvalue weighted by Crippen LogP contribution is 2.19. The lowest BCUT2D eigenvalue weighted by Crippen LogP contribution is -2.28. The lowest BCUT2D eigenvalue weighted by molar-refractivity contribution is -0.157. The summed E-state index contributed by atoms with van der Waals surface area (Å²) in [4.78, 5) is 23.1. The number of hydrogen-bond acceptors (Lipinski definition) is 3. The van der Waals surface area contributed by atoms with Crippen LogP contribution in [-0.2, 0) is 14.3 Å². The zero-order chi connectivity index (χ0) is 12.9. The molecular formula is C13H22O3. The minimum atomic E-state index is -0.504. The molecule has 0 fully saturated rings. The molecule has 0 saturated carbocycles. The van der Waals surface area contributed by atoms with Gasteiger partial charge in [0.15, 0.2) is 5.78 Å². The van der Waals surface area contributed by atoms with Crippen molar-refractivity contribution >= 4 is 11.8 Å². The first kappa shape index (κ1) is 14.9. The highest BCUT2D eigenvalue weighted by Gasteiger charge is 2.26. The minimum absolute atomic E-state index is 0.0964. The molecule has 3 nitrogen and oxygen atoms in total. The van der Waals surface area contributed by atoms with E-state index < -0.39 is 5.60 Å². The van der Waals surface area contributed by atoms with Crippen LogP contribution in [0.2, 0.25) is 0 Å². The summed E-state index contributed by atoms with van der Waals surface area (Å²) >= 11 is 0. The van der Waals surface area contributed by atoms with Crippen LogP contribution in [0.1, 0.15) is 41.0 Å². The Morgan fingerprint density at radius 2 is 1.81 bits per heavy atom. The van der Waals surface area contributed by atoms with Gasteiger partial charge in [-0.2, -0.15) is 0 Å². The predicted molar refractivity (Wildman–Crippen MR) is 64.0 cm³/mol. The van der Waals surface area contributed by atoms with Gasteiger partial charge in [-0.05, 0) is 32.8 Å². The van der Waals surface area contributed by atoms with Crippen LogP contribution in [-0.4, -0.2) is 17.4 Å². The Morgan fingerprint density at radius 3 is 2.12 bits per heavy atom. The Hall–Kier alpha value is -1.12. The molecular weight excluding hydrogens is 204 g/mol. The van der Waals surface area contributed by atoms with Crippen molar-refractivity contribution in [1.82, 2.24) is 0 Å². The first-order chi connectivity index (χ1) is 7.17. The Balaban J connectivity index is 4.48. The SMILES string of the molecule is C=CC(=O)C(CC(=O)OC(C)(C)C)C(C)C. The second-order valence-electron chi connectivity index (χ2n) is 5.25. The molecule has 0 saturated heterocycles. The number of rotatable bonds is 5. The zero-order valence-electron chi connectivity index (χ0n) is 10.9. The van der Waals surface area contributed by atoms with Crippen LogP contribution in [0.25, 0.3) is 0 Å². The highest BCUT2D eigenvalue weighted by molar-refractivity contribution is 5.93. The van der Waals surface area contributed by atoms with Crippen molar-refractivity contribution in [2.75, 3.05) is 0 Å². The highest BCUT2D eigenvalue weighted by atomic mass is 16.6. The maximum atomic E-state index is 11.6. The second-order valence-corrected chi connectivity index (χ2v) is 5.25. The Kier molecular flexibility index (Phi) is 5.42. The largest absolute Gasteiger partial charge is 0.460 e. The zero-order valence-corrected chi connectivity index (χ0v) is 10.9. The van der Waals surface area contributed by atoms with E-state index >= 15 is 0 Å². The average molecular weight is 226 g/mol. The summed E-state index contributed by atoms with van der Waals surface area (Å²) in [6.45, 7) is 12.7. The number of ketones is 1. The predicted octanol–water partition coefficient (Wildman–Crippen LogP) is 2.75. The molecule has 0 spiro atoms. The van der Waals surface area contributed by atoms with E-state index in [9.17, 15) is 9.59 Å². The Labute approximate surface area is 97.9 Å². The molecule has 0 aromatic rings. The van der Waals surface area contributed by atoms with Crippen LogP contribution < -0.4 is 0 Å². The molecule has 0 aliphatic rings. The average Bonchev–Trinajstić information content (AvgIpc) is 2.09. The first-order valence-electron chi connectivity index (χ1n) is 5.55. The number of carbonyl (C=O) groups is 2. The normalized spacial score (nSPS) is 13.4. The van der Waals surface area contributed by atoms with Gasteiger partial charge in [-0.25, -0.2) is 0 Å². The first-order valence-corrected chi connectivity index (χ1v) is 5.55. The number of allylic oxidation sites excluding steroid dienone is 1. The molecule has 0 radical (unpaired) electrons. The summed E-state index contributed by atoms with van der Waals surface area (Å²) in [5.41, 5.74) is -0.504. The molecule has 0 aromatic carbocycles. The van der Waals surface area contributed by atoms with Crippen molar-refractivity contribution in [1.29, 1.82) is 0 Å². The van der Waals surface area contributed by atoms with Gasteiger partial charge in [-0.15, -0.1) is 0 Å². The fraction of sp³-hybridized carbons (Fsp3) is 0.692. The smallest absolute Gasteiger partial charge is 0.307 e. The molecule has 0 aromatic heterocycles. The van der Waals surface area contributed by atoms with Crippen LogP contribution in [0.3, 0.4) is 0 Å². The molecule has 0 N–H and O–H groups in total. The maximum absolute atomic E-state index is 11.6. The summed E-state index contributed by atoms with van der Waals surface area (Å²) in [5.74, 6) is -0.646. The van der Waals surface area contributed by atoms with E-state index in [1.54, 1.807) is 0 Å². The lowest BCUT2D eigenvalue weighted by atomic mass is 9.88. The second kappa shape index (κ2) is 5.83. The van der Waals surface area contributed by atoms with Crippen LogP contribution >= 0.6 is 0 Å². The molecule has 92 valence electrons. The van der Waals surface area contributed by atoms with Gasteiger partial charge in [-0.3, -0.25) is 9.59 Å². The third-order valence-electron chi connectivity index (χ3n) is 2.18.